The van der Waals surface area contributed by atoms with E-state index in [0.29, 0.717) is 0 Å². The Balaban J connectivity index is 1.87. The summed E-state index contributed by atoms with van der Waals surface area (Å²) in [6, 6.07) is 0. The van der Waals surface area contributed by atoms with Crippen LogP contribution in [0.2, 0.25) is 0 Å². The van der Waals surface area contributed by atoms with Gasteiger partial charge in [0.2, 0.25) is 12.3 Å². The summed E-state index contributed by atoms with van der Waals surface area (Å²) in [6.45, 7) is 0. The summed E-state index contributed by atoms with van der Waals surface area (Å²) in [6.07, 6.45) is 16.4. The molecule has 0 bridgehead atoms. The van der Waals surface area contributed by atoms with Crippen LogP contribution in [0.5, 0.6) is 0 Å². The Hall–Kier alpha value is -1.84. The molecule has 4 nitrogen and oxygen atoms in total. The van der Waals surface area contributed by atoms with E-state index in [9.17, 15) is 0 Å². The van der Waals surface area contributed by atoms with Crippen molar-refractivity contribution in [1.82, 2.24) is 10.6 Å². The molecule has 0 aromatic rings. The van der Waals surface area contributed by atoms with Crippen molar-refractivity contribution in [2.45, 2.75) is 0 Å². The molecule has 0 amide bonds. The monoisotopic (exact) mass is 186 g/mol. The Morgan fingerprint density at radius 2 is 1.21 bits per heavy atom. The van der Waals surface area contributed by atoms with Gasteiger partial charge in [0.1, 0.15) is 0 Å². The van der Waals surface area contributed by atoms with Crippen LogP contribution in [-0.4, -0.2) is 0 Å². The molecule has 0 fully saturated rings. The molecule has 0 aromatic heterocycles. The van der Waals surface area contributed by atoms with E-state index < -0.39 is 0 Å². The van der Waals surface area contributed by atoms with Crippen LogP contribution >= 0.6 is 0 Å². The van der Waals surface area contributed by atoms with Gasteiger partial charge in [0.05, 0.1) is 0 Å². The van der Waals surface area contributed by atoms with Gasteiger partial charge in [-0.3, -0.25) is 0 Å². The fraction of sp³-hybridized carbons (Fsp3) is 0. The lowest BCUT2D eigenvalue weighted by Crippen LogP contribution is -2.15. The summed E-state index contributed by atoms with van der Waals surface area (Å²) in [4.78, 5) is 0. The molecule has 0 spiro atoms. The molecule has 14 heavy (non-hydrogen) atoms. The normalized spacial score (nSPS) is 21.4. The van der Waals surface area contributed by atoms with E-state index in [0.717, 1.165) is 12.3 Å². The van der Waals surface area contributed by atoms with Crippen molar-refractivity contribution >= 4 is 0 Å². The average Bonchev–Trinajstić information content (AvgIpc) is 2.29. The van der Waals surface area contributed by atoms with E-state index >= 15 is 0 Å². The highest BCUT2D eigenvalue weighted by Gasteiger charge is 2.06. The number of hydrogen-bond donors (Lipinski definition) is 2. The van der Waals surface area contributed by atoms with Crippen molar-refractivity contribution in [3.05, 3.63) is 61.2 Å². The van der Waals surface area contributed by atoms with Gasteiger partial charge < -0.3 is 10.6 Å². The van der Waals surface area contributed by atoms with Gasteiger partial charge in [0, 0.05) is 0 Å². The van der Waals surface area contributed by atoms with Crippen LogP contribution in [0.1, 0.15) is 0 Å². The first-order chi connectivity index (χ1) is 6.95. The van der Waals surface area contributed by atoms with Gasteiger partial charge in [-0.1, -0.05) is 12.2 Å². The first-order valence-corrected chi connectivity index (χ1v) is 4.30. The molecule has 2 rings (SSSR count). The van der Waals surface area contributed by atoms with Gasteiger partial charge in [-0.15, -0.1) is 0 Å². The molecular weight excluding hydrogens is 176 g/mol. The van der Waals surface area contributed by atoms with Crippen LogP contribution in [0.15, 0.2) is 59.1 Å². The third kappa shape index (κ3) is 2.32. The molecular formula is C10H10N4. The Morgan fingerprint density at radius 1 is 0.714 bits per heavy atom. The summed E-state index contributed by atoms with van der Waals surface area (Å²) in [5.74, 6) is 0. The maximum atomic E-state index is 4.01. The van der Waals surface area contributed by atoms with Gasteiger partial charge in [0.15, 0.2) is 0 Å². The van der Waals surface area contributed by atoms with Crippen molar-refractivity contribution < 1.29 is 0 Å². The molecule has 2 heterocycles. The van der Waals surface area contributed by atoms with Crippen LogP contribution in [0.25, 0.3) is 0 Å². The molecule has 4 heteroatoms. The predicted molar refractivity (Wildman–Crippen MR) is 54.2 cm³/mol. The smallest absolute Gasteiger partial charge is 0.218 e. The summed E-state index contributed by atoms with van der Waals surface area (Å²) >= 11 is 0. The largest absolute Gasteiger partial charge is 0.359 e. The van der Waals surface area contributed by atoms with Crippen LogP contribution in [0.4, 0.5) is 0 Å². The molecule has 70 valence electrons. The van der Waals surface area contributed by atoms with E-state index in [1.54, 1.807) is 0 Å². The highest BCUT2D eigenvalue weighted by atomic mass is 15.3. The minimum atomic E-state index is 0.727. The third-order valence-electron chi connectivity index (χ3n) is 1.65. The number of nitrogens with zero attached hydrogens (tertiary/aromatic N) is 2. The Labute approximate surface area is 82.8 Å². The predicted octanol–water partition coefficient (Wildman–Crippen LogP) is 1.76. The fourth-order valence-corrected chi connectivity index (χ4v) is 1.000. The van der Waals surface area contributed by atoms with Crippen LogP contribution in [0, 0.1) is 12.3 Å². The zero-order chi connectivity index (χ0) is 9.64. The van der Waals surface area contributed by atoms with E-state index in [4.69, 9.17) is 0 Å². The summed E-state index contributed by atoms with van der Waals surface area (Å²) in [5.41, 5.74) is 0. The molecule has 0 unspecified atom stereocenters. The molecule has 0 saturated heterocycles. The van der Waals surface area contributed by atoms with E-state index in [1.807, 2.05) is 48.9 Å². The number of hydrogen-bond acceptors (Lipinski definition) is 4. The summed E-state index contributed by atoms with van der Waals surface area (Å²) in [5, 5.41) is 14.0. The van der Waals surface area contributed by atoms with E-state index in [1.165, 1.54) is 0 Å². The summed E-state index contributed by atoms with van der Waals surface area (Å²) in [7, 11) is 0. The lowest BCUT2D eigenvalue weighted by molar-refractivity contribution is 0.774. The van der Waals surface area contributed by atoms with Gasteiger partial charge in [-0.2, -0.15) is 10.2 Å². The van der Waals surface area contributed by atoms with E-state index in [2.05, 4.69) is 20.9 Å². The standard InChI is InChI=1S/C10H10N4/c1-3-7-11-9(5-1)13-14-10-6-2-4-8-12-10/h1-8,11-12H/b14-13+. The molecule has 0 aliphatic carbocycles. The van der Waals surface area contributed by atoms with Gasteiger partial charge in [-0.05, 0) is 36.7 Å². The van der Waals surface area contributed by atoms with Crippen LogP contribution in [0.3, 0.4) is 0 Å². The number of azo groups is 1. The maximum Gasteiger partial charge on any atom is 0.218 e. The average molecular weight is 186 g/mol. The SMILES string of the molecule is C1=CN[C](/N=N/[C]2C=CC=CN2)C=C1. The molecule has 2 radical (unpaired) electrons. The molecule has 2 aliphatic heterocycles. The second-order valence-corrected chi connectivity index (χ2v) is 2.70. The minimum Gasteiger partial charge on any atom is -0.359 e. The Bertz CT molecular complexity index is 293. The van der Waals surface area contributed by atoms with Crippen molar-refractivity contribution in [2.24, 2.45) is 10.2 Å². The van der Waals surface area contributed by atoms with E-state index in [-0.39, 0.29) is 0 Å². The minimum absolute atomic E-state index is 0.727. The third-order valence-corrected chi connectivity index (χ3v) is 1.65. The second kappa shape index (κ2) is 4.41. The fourth-order valence-electron chi connectivity index (χ4n) is 1.000. The van der Waals surface area contributed by atoms with Crippen molar-refractivity contribution in [3.63, 3.8) is 0 Å². The molecule has 2 N–H and O–H groups in total. The van der Waals surface area contributed by atoms with Crippen LogP contribution in [-0.2, 0) is 0 Å². The summed E-state index contributed by atoms with van der Waals surface area (Å²) < 4.78 is 0. The number of nitrogens with one attached hydrogen (secondary N) is 2. The molecule has 2 aliphatic rings. The topological polar surface area (TPSA) is 48.8 Å². The zero-order valence-electron chi connectivity index (χ0n) is 7.51. The van der Waals surface area contributed by atoms with Crippen LogP contribution < -0.4 is 10.6 Å². The van der Waals surface area contributed by atoms with Crippen molar-refractivity contribution in [2.75, 3.05) is 0 Å². The van der Waals surface area contributed by atoms with Gasteiger partial charge >= 0.3 is 0 Å². The van der Waals surface area contributed by atoms with Gasteiger partial charge in [-0.25, -0.2) is 0 Å². The molecule has 0 saturated carbocycles. The highest BCUT2D eigenvalue weighted by Crippen LogP contribution is 2.10. The number of allylic oxidation sites excluding steroid dienone is 4. The van der Waals surface area contributed by atoms with Crippen molar-refractivity contribution in [3.8, 4) is 0 Å². The molecule has 0 aromatic carbocycles. The van der Waals surface area contributed by atoms with Gasteiger partial charge in [0.25, 0.3) is 0 Å². The first kappa shape index (κ1) is 8.74. The highest BCUT2D eigenvalue weighted by molar-refractivity contribution is 5.22. The number of dihydropyridines is 2. The lowest BCUT2D eigenvalue weighted by Gasteiger charge is -2.10. The van der Waals surface area contributed by atoms with Crippen molar-refractivity contribution in [1.29, 1.82) is 0 Å². The number of rotatable bonds is 2. The lowest BCUT2D eigenvalue weighted by atomic mass is 10.3. The zero-order valence-corrected chi connectivity index (χ0v) is 7.51. The quantitative estimate of drug-likeness (QED) is 0.645. The Morgan fingerprint density at radius 3 is 1.57 bits per heavy atom. The first-order valence-electron chi connectivity index (χ1n) is 4.30. The molecule has 0 atom stereocenters. The second-order valence-electron chi connectivity index (χ2n) is 2.70. The Kier molecular flexibility index (Phi) is 2.76. The maximum absolute atomic E-state index is 4.01.